The lowest BCUT2D eigenvalue weighted by Gasteiger charge is -2.03. The van der Waals surface area contributed by atoms with Crippen LogP contribution in [0.25, 0.3) is 0 Å². The summed E-state index contributed by atoms with van der Waals surface area (Å²) >= 11 is 0. The van der Waals surface area contributed by atoms with E-state index in [1.165, 1.54) is 11.1 Å². The van der Waals surface area contributed by atoms with Gasteiger partial charge < -0.3 is 5.32 Å². The van der Waals surface area contributed by atoms with E-state index in [2.05, 4.69) is 42.4 Å². The molecule has 2 heteroatoms. The number of benzene rings is 1. The van der Waals surface area contributed by atoms with Gasteiger partial charge in [-0.25, -0.2) is 0 Å². The highest BCUT2D eigenvalue weighted by molar-refractivity contribution is 5.76. The Balaban J connectivity index is 2.37. The Morgan fingerprint density at radius 3 is 2.50 bits per heavy atom. The quantitative estimate of drug-likeness (QED) is 0.747. The van der Waals surface area contributed by atoms with Crippen molar-refractivity contribution in [1.29, 1.82) is 0 Å². The van der Waals surface area contributed by atoms with Crippen LogP contribution in [0.1, 0.15) is 24.5 Å². The normalized spacial score (nSPS) is 9.50. The molecule has 2 nitrogen and oxygen atoms in total. The minimum atomic E-state index is 0.0116. The molecule has 0 bridgehead atoms. The number of nitrogens with one attached hydrogen (secondary N) is 1. The number of amides is 1. The Kier molecular flexibility index (Phi) is 5.15. The standard InChI is InChI=1S/C14H17NO/c1-3-11-15-14(16)10-9-13-7-5-12(4-2)6-8-13/h1,5-8H,4,9-11H2,2H3,(H,15,16). The van der Waals surface area contributed by atoms with Crippen molar-refractivity contribution < 1.29 is 4.79 Å². The maximum Gasteiger partial charge on any atom is 0.221 e. The number of carbonyl (C=O) groups excluding carboxylic acids is 1. The monoisotopic (exact) mass is 215 g/mol. The summed E-state index contributed by atoms with van der Waals surface area (Å²) in [6, 6.07) is 8.37. The van der Waals surface area contributed by atoms with Gasteiger partial charge in [0.2, 0.25) is 5.91 Å². The van der Waals surface area contributed by atoms with E-state index in [9.17, 15) is 4.79 Å². The van der Waals surface area contributed by atoms with Gasteiger partial charge in [-0.15, -0.1) is 6.42 Å². The molecular formula is C14H17NO. The number of carbonyl (C=O) groups is 1. The molecule has 0 aliphatic rings. The molecule has 0 saturated heterocycles. The topological polar surface area (TPSA) is 29.1 Å². The van der Waals surface area contributed by atoms with E-state index in [-0.39, 0.29) is 5.91 Å². The maximum atomic E-state index is 11.3. The first-order valence-electron chi connectivity index (χ1n) is 5.54. The second kappa shape index (κ2) is 6.68. The van der Waals surface area contributed by atoms with Crippen LogP contribution < -0.4 is 5.32 Å². The lowest BCUT2D eigenvalue weighted by molar-refractivity contribution is -0.120. The average Bonchev–Trinajstić information content (AvgIpc) is 2.34. The Labute approximate surface area is 97.1 Å². The predicted octanol–water partition coefficient (Wildman–Crippen LogP) is 1.93. The van der Waals surface area contributed by atoms with Gasteiger partial charge in [0.25, 0.3) is 0 Å². The van der Waals surface area contributed by atoms with Crippen molar-refractivity contribution in [2.45, 2.75) is 26.2 Å². The highest BCUT2D eigenvalue weighted by atomic mass is 16.1. The zero-order valence-electron chi connectivity index (χ0n) is 9.62. The Bertz CT molecular complexity index is 373. The van der Waals surface area contributed by atoms with Crippen LogP contribution in [0.4, 0.5) is 0 Å². The minimum Gasteiger partial charge on any atom is -0.345 e. The summed E-state index contributed by atoms with van der Waals surface area (Å²) in [7, 11) is 0. The fraction of sp³-hybridized carbons (Fsp3) is 0.357. The van der Waals surface area contributed by atoms with Crippen LogP contribution in [-0.4, -0.2) is 12.5 Å². The van der Waals surface area contributed by atoms with E-state index < -0.39 is 0 Å². The third kappa shape index (κ3) is 4.18. The lowest BCUT2D eigenvalue weighted by Crippen LogP contribution is -2.23. The molecule has 1 aromatic carbocycles. The second-order valence-electron chi connectivity index (χ2n) is 3.65. The van der Waals surface area contributed by atoms with Crippen molar-refractivity contribution in [3.8, 4) is 12.3 Å². The zero-order valence-corrected chi connectivity index (χ0v) is 9.62. The summed E-state index contributed by atoms with van der Waals surface area (Å²) in [5.41, 5.74) is 2.51. The van der Waals surface area contributed by atoms with Gasteiger partial charge in [0.15, 0.2) is 0 Å². The molecule has 0 heterocycles. The van der Waals surface area contributed by atoms with Crippen LogP contribution >= 0.6 is 0 Å². The van der Waals surface area contributed by atoms with Crippen molar-refractivity contribution in [3.05, 3.63) is 35.4 Å². The summed E-state index contributed by atoms with van der Waals surface area (Å²) in [5, 5.41) is 2.65. The van der Waals surface area contributed by atoms with Crippen LogP contribution in [-0.2, 0) is 17.6 Å². The molecule has 0 saturated carbocycles. The average molecular weight is 215 g/mol. The first-order chi connectivity index (χ1) is 7.76. The van der Waals surface area contributed by atoms with Gasteiger partial charge in [-0.1, -0.05) is 37.1 Å². The number of aryl methyl sites for hydroxylation is 2. The Hall–Kier alpha value is -1.75. The molecule has 0 aliphatic heterocycles. The highest BCUT2D eigenvalue weighted by Crippen LogP contribution is 2.07. The minimum absolute atomic E-state index is 0.0116. The van der Waals surface area contributed by atoms with E-state index in [0.717, 1.165) is 12.8 Å². The van der Waals surface area contributed by atoms with Crippen LogP contribution in [0.3, 0.4) is 0 Å². The third-order valence-electron chi connectivity index (χ3n) is 2.46. The summed E-state index contributed by atoms with van der Waals surface area (Å²) in [4.78, 5) is 11.3. The molecule has 1 aromatic rings. The molecule has 1 rings (SSSR count). The molecule has 0 radical (unpaired) electrons. The van der Waals surface area contributed by atoms with Crippen LogP contribution in [0.2, 0.25) is 0 Å². The second-order valence-corrected chi connectivity index (χ2v) is 3.65. The Morgan fingerprint density at radius 1 is 1.31 bits per heavy atom. The van der Waals surface area contributed by atoms with E-state index in [0.29, 0.717) is 13.0 Å². The van der Waals surface area contributed by atoms with Gasteiger partial charge in [0, 0.05) is 6.42 Å². The first-order valence-corrected chi connectivity index (χ1v) is 5.54. The molecule has 0 unspecified atom stereocenters. The lowest BCUT2D eigenvalue weighted by atomic mass is 10.1. The predicted molar refractivity (Wildman–Crippen MR) is 66.0 cm³/mol. The maximum absolute atomic E-state index is 11.3. The van der Waals surface area contributed by atoms with Crippen LogP contribution in [0, 0.1) is 12.3 Å². The Morgan fingerprint density at radius 2 is 1.94 bits per heavy atom. The molecule has 0 atom stereocenters. The van der Waals surface area contributed by atoms with Gasteiger partial charge >= 0.3 is 0 Å². The largest absolute Gasteiger partial charge is 0.345 e. The smallest absolute Gasteiger partial charge is 0.221 e. The fourth-order valence-electron chi connectivity index (χ4n) is 1.44. The van der Waals surface area contributed by atoms with E-state index in [1.54, 1.807) is 0 Å². The van der Waals surface area contributed by atoms with Crippen molar-refractivity contribution >= 4 is 5.91 Å². The van der Waals surface area contributed by atoms with E-state index in [4.69, 9.17) is 6.42 Å². The molecule has 0 fully saturated rings. The zero-order chi connectivity index (χ0) is 11.8. The van der Waals surface area contributed by atoms with E-state index in [1.807, 2.05) is 0 Å². The van der Waals surface area contributed by atoms with Crippen LogP contribution in [0.15, 0.2) is 24.3 Å². The first kappa shape index (κ1) is 12.3. The third-order valence-corrected chi connectivity index (χ3v) is 2.46. The highest BCUT2D eigenvalue weighted by Gasteiger charge is 2.00. The molecule has 0 aromatic heterocycles. The van der Waals surface area contributed by atoms with Crippen LogP contribution in [0.5, 0.6) is 0 Å². The molecule has 1 N–H and O–H groups in total. The van der Waals surface area contributed by atoms with Gasteiger partial charge in [-0.05, 0) is 24.0 Å². The fourth-order valence-corrected chi connectivity index (χ4v) is 1.44. The van der Waals surface area contributed by atoms with E-state index >= 15 is 0 Å². The molecule has 0 spiro atoms. The summed E-state index contributed by atoms with van der Waals surface area (Å²) in [5.74, 6) is 2.39. The molecule has 1 amide bonds. The van der Waals surface area contributed by atoms with Crippen molar-refractivity contribution in [1.82, 2.24) is 5.32 Å². The van der Waals surface area contributed by atoms with Gasteiger partial charge in [0.05, 0.1) is 6.54 Å². The SMILES string of the molecule is C#CCNC(=O)CCc1ccc(CC)cc1. The molecular weight excluding hydrogens is 198 g/mol. The number of rotatable bonds is 5. The molecule has 16 heavy (non-hydrogen) atoms. The number of hydrogen-bond acceptors (Lipinski definition) is 1. The van der Waals surface area contributed by atoms with Crippen molar-refractivity contribution in [2.24, 2.45) is 0 Å². The number of terminal acetylenes is 1. The number of hydrogen-bond donors (Lipinski definition) is 1. The van der Waals surface area contributed by atoms with Crippen molar-refractivity contribution in [3.63, 3.8) is 0 Å². The molecule has 84 valence electrons. The molecule has 0 aliphatic carbocycles. The summed E-state index contributed by atoms with van der Waals surface area (Å²) in [6.45, 7) is 2.44. The van der Waals surface area contributed by atoms with Gasteiger partial charge in [0.1, 0.15) is 0 Å². The summed E-state index contributed by atoms with van der Waals surface area (Å²) < 4.78 is 0. The van der Waals surface area contributed by atoms with Crippen molar-refractivity contribution in [2.75, 3.05) is 6.54 Å². The summed E-state index contributed by atoms with van der Waals surface area (Å²) in [6.07, 6.45) is 7.35. The van der Waals surface area contributed by atoms with Gasteiger partial charge in [-0.2, -0.15) is 0 Å². The van der Waals surface area contributed by atoms with Gasteiger partial charge in [-0.3, -0.25) is 4.79 Å².